The molecule has 4 nitrogen and oxygen atoms in total. The van der Waals surface area contributed by atoms with Crippen molar-refractivity contribution in [3.63, 3.8) is 0 Å². The third-order valence-electron chi connectivity index (χ3n) is 4.48. The SMILES string of the molecule is NC1CCC2CN(CC(=O)Nc3ccc(Br)cc3)CC12. The summed E-state index contributed by atoms with van der Waals surface area (Å²) in [5.41, 5.74) is 6.96. The average molecular weight is 338 g/mol. The number of rotatable bonds is 3. The number of halogens is 1. The zero-order valence-electron chi connectivity index (χ0n) is 11.4. The van der Waals surface area contributed by atoms with Gasteiger partial charge in [-0.15, -0.1) is 0 Å². The van der Waals surface area contributed by atoms with E-state index in [9.17, 15) is 4.79 Å². The van der Waals surface area contributed by atoms with Gasteiger partial charge in [-0.1, -0.05) is 15.9 Å². The minimum atomic E-state index is 0.0564. The maximum Gasteiger partial charge on any atom is 0.238 e. The largest absolute Gasteiger partial charge is 0.327 e. The second kappa shape index (κ2) is 5.84. The van der Waals surface area contributed by atoms with Gasteiger partial charge in [0.15, 0.2) is 0 Å². The van der Waals surface area contributed by atoms with Crippen LogP contribution in [0.25, 0.3) is 0 Å². The predicted octanol–water partition coefficient (Wildman–Crippen LogP) is 2.06. The number of anilines is 1. The van der Waals surface area contributed by atoms with Gasteiger partial charge in [-0.3, -0.25) is 9.69 Å². The predicted molar refractivity (Wildman–Crippen MR) is 83.4 cm³/mol. The van der Waals surface area contributed by atoms with E-state index in [-0.39, 0.29) is 5.91 Å². The lowest BCUT2D eigenvalue weighted by molar-refractivity contribution is -0.117. The Morgan fingerprint density at radius 2 is 2.05 bits per heavy atom. The number of benzene rings is 1. The highest BCUT2D eigenvalue weighted by atomic mass is 79.9. The highest BCUT2D eigenvalue weighted by Gasteiger charge is 2.41. The third kappa shape index (κ3) is 3.05. The summed E-state index contributed by atoms with van der Waals surface area (Å²) in [5, 5.41) is 2.94. The van der Waals surface area contributed by atoms with Crippen molar-refractivity contribution in [1.82, 2.24) is 4.90 Å². The molecule has 1 amide bonds. The van der Waals surface area contributed by atoms with Crippen molar-refractivity contribution in [2.75, 3.05) is 25.0 Å². The summed E-state index contributed by atoms with van der Waals surface area (Å²) in [4.78, 5) is 14.3. The molecule has 1 saturated carbocycles. The van der Waals surface area contributed by atoms with E-state index in [0.717, 1.165) is 29.7 Å². The first kappa shape index (κ1) is 14.0. The lowest BCUT2D eigenvalue weighted by Gasteiger charge is -2.17. The number of amides is 1. The van der Waals surface area contributed by atoms with Crippen molar-refractivity contribution in [2.24, 2.45) is 17.6 Å². The van der Waals surface area contributed by atoms with E-state index >= 15 is 0 Å². The van der Waals surface area contributed by atoms with Crippen LogP contribution in [0.2, 0.25) is 0 Å². The Kier molecular flexibility index (Phi) is 4.10. The fourth-order valence-corrected chi connectivity index (χ4v) is 3.73. The molecule has 2 aliphatic rings. The number of likely N-dealkylation sites (tertiary alicyclic amines) is 1. The van der Waals surface area contributed by atoms with Gasteiger partial charge in [-0.2, -0.15) is 0 Å². The fraction of sp³-hybridized carbons (Fsp3) is 0.533. The molecule has 3 rings (SSSR count). The van der Waals surface area contributed by atoms with Gasteiger partial charge in [0.05, 0.1) is 6.54 Å². The molecular formula is C15H20BrN3O. The summed E-state index contributed by atoms with van der Waals surface area (Å²) >= 11 is 3.38. The molecule has 1 heterocycles. The van der Waals surface area contributed by atoms with Crippen LogP contribution in [0.4, 0.5) is 5.69 Å². The van der Waals surface area contributed by atoms with Crippen LogP contribution in [0.15, 0.2) is 28.7 Å². The Hall–Kier alpha value is -0.910. The van der Waals surface area contributed by atoms with Crippen molar-refractivity contribution in [2.45, 2.75) is 18.9 Å². The van der Waals surface area contributed by atoms with Crippen LogP contribution in [0.5, 0.6) is 0 Å². The van der Waals surface area contributed by atoms with E-state index in [1.54, 1.807) is 0 Å². The molecule has 0 radical (unpaired) electrons. The average Bonchev–Trinajstić information content (AvgIpc) is 2.95. The Labute approximate surface area is 127 Å². The molecule has 1 aromatic rings. The molecule has 2 fully saturated rings. The van der Waals surface area contributed by atoms with Gasteiger partial charge in [0.25, 0.3) is 0 Å². The summed E-state index contributed by atoms with van der Waals surface area (Å²) in [6, 6.07) is 7.98. The molecule has 20 heavy (non-hydrogen) atoms. The Bertz CT molecular complexity index is 490. The van der Waals surface area contributed by atoms with Gasteiger partial charge in [0.1, 0.15) is 0 Å². The Morgan fingerprint density at radius 1 is 1.30 bits per heavy atom. The van der Waals surface area contributed by atoms with Gasteiger partial charge >= 0.3 is 0 Å². The molecule has 3 atom stereocenters. The molecule has 3 unspecified atom stereocenters. The number of nitrogens with two attached hydrogens (primary N) is 1. The van der Waals surface area contributed by atoms with Crippen molar-refractivity contribution >= 4 is 27.5 Å². The summed E-state index contributed by atoms with van der Waals surface area (Å²) < 4.78 is 1.01. The van der Waals surface area contributed by atoms with Crippen molar-refractivity contribution in [3.05, 3.63) is 28.7 Å². The van der Waals surface area contributed by atoms with Crippen LogP contribution in [0.1, 0.15) is 12.8 Å². The normalized spacial score (nSPS) is 29.4. The molecular weight excluding hydrogens is 318 g/mol. The molecule has 5 heteroatoms. The van der Waals surface area contributed by atoms with Crippen LogP contribution in [0, 0.1) is 11.8 Å². The molecule has 1 aromatic carbocycles. The van der Waals surface area contributed by atoms with E-state index in [2.05, 4.69) is 26.1 Å². The number of carbonyl (C=O) groups is 1. The van der Waals surface area contributed by atoms with Gasteiger partial charge in [-0.05, 0) is 48.9 Å². The zero-order chi connectivity index (χ0) is 14.1. The second-order valence-corrected chi connectivity index (χ2v) is 6.83. The summed E-state index contributed by atoms with van der Waals surface area (Å²) in [6.45, 7) is 2.46. The summed E-state index contributed by atoms with van der Waals surface area (Å²) in [6.07, 6.45) is 2.37. The molecule has 108 valence electrons. The first-order chi connectivity index (χ1) is 9.61. The van der Waals surface area contributed by atoms with E-state index < -0.39 is 0 Å². The van der Waals surface area contributed by atoms with Crippen molar-refractivity contribution in [3.8, 4) is 0 Å². The van der Waals surface area contributed by atoms with Crippen LogP contribution in [-0.2, 0) is 4.79 Å². The maximum atomic E-state index is 12.1. The number of nitrogens with one attached hydrogen (secondary N) is 1. The Morgan fingerprint density at radius 3 is 2.75 bits per heavy atom. The summed E-state index contributed by atoms with van der Waals surface area (Å²) in [5.74, 6) is 1.35. The molecule has 1 saturated heterocycles. The third-order valence-corrected chi connectivity index (χ3v) is 5.01. The lowest BCUT2D eigenvalue weighted by Crippen LogP contribution is -2.34. The highest BCUT2D eigenvalue weighted by Crippen LogP contribution is 2.36. The zero-order valence-corrected chi connectivity index (χ0v) is 13.0. The van der Waals surface area contributed by atoms with E-state index in [4.69, 9.17) is 5.73 Å². The monoisotopic (exact) mass is 337 g/mol. The smallest absolute Gasteiger partial charge is 0.238 e. The van der Waals surface area contributed by atoms with Gasteiger partial charge in [0, 0.05) is 29.3 Å². The molecule has 0 aromatic heterocycles. The number of carbonyl (C=O) groups excluding carboxylic acids is 1. The van der Waals surface area contributed by atoms with Crippen molar-refractivity contribution < 1.29 is 4.79 Å². The standard InChI is InChI=1S/C15H20BrN3O/c16-11-2-4-12(5-3-11)18-15(20)9-19-7-10-1-6-14(17)13(10)8-19/h2-5,10,13-14H,1,6-9,17H2,(H,18,20). The molecule has 3 N–H and O–H groups in total. The molecule has 0 spiro atoms. The quantitative estimate of drug-likeness (QED) is 0.887. The van der Waals surface area contributed by atoms with E-state index in [1.165, 1.54) is 6.42 Å². The number of nitrogens with zero attached hydrogens (tertiary/aromatic N) is 1. The van der Waals surface area contributed by atoms with Gasteiger partial charge in [0.2, 0.25) is 5.91 Å². The first-order valence-corrected chi connectivity index (χ1v) is 7.94. The van der Waals surface area contributed by atoms with Gasteiger partial charge < -0.3 is 11.1 Å². The number of hydrogen-bond donors (Lipinski definition) is 2. The maximum absolute atomic E-state index is 12.1. The van der Waals surface area contributed by atoms with E-state index in [1.807, 2.05) is 24.3 Å². The van der Waals surface area contributed by atoms with Crippen LogP contribution in [-0.4, -0.2) is 36.5 Å². The van der Waals surface area contributed by atoms with E-state index in [0.29, 0.717) is 24.4 Å². The van der Waals surface area contributed by atoms with Crippen LogP contribution >= 0.6 is 15.9 Å². The topological polar surface area (TPSA) is 58.4 Å². The van der Waals surface area contributed by atoms with Gasteiger partial charge in [-0.25, -0.2) is 0 Å². The van der Waals surface area contributed by atoms with Crippen LogP contribution in [0.3, 0.4) is 0 Å². The fourth-order valence-electron chi connectivity index (χ4n) is 3.47. The lowest BCUT2D eigenvalue weighted by atomic mass is 9.98. The molecule has 0 bridgehead atoms. The minimum Gasteiger partial charge on any atom is -0.327 e. The number of hydrogen-bond acceptors (Lipinski definition) is 3. The molecule has 1 aliphatic heterocycles. The minimum absolute atomic E-state index is 0.0564. The van der Waals surface area contributed by atoms with Crippen molar-refractivity contribution in [1.29, 1.82) is 0 Å². The second-order valence-electron chi connectivity index (χ2n) is 5.91. The summed E-state index contributed by atoms with van der Waals surface area (Å²) in [7, 11) is 0. The Balaban J connectivity index is 1.51. The number of fused-ring (bicyclic) bond motifs is 1. The molecule has 1 aliphatic carbocycles. The first-order valence-electron chi connectivity index (χ1n) is 7.15. The van der Waals surface area contributed by atoms with Crippen LogP contribution < -0.4 is 11.1 Å². The highest BCUT2D eigenvalue weighted by molar-refractivity contribution is 9.10.